The molecular formula is C28H51N3O4. The highest BCUT2D eigenvalue weighted by atomic mass is 16.3. The summed E-state index contributed by atoms with van der Waals surface area (Å²) in [6.45, 7) is 4.44. The first-order chi connectivity index (χ1) is 16.9. The SMILES string of the molecule is CC(C)[C@@H]1NC(=O)C[C@H](O)[C@H](CC2CCCCC2)NC(=O)CCCCCCCCCCCNC1=O. The van der Waals surface area contributed by atoms with E-state index in [-0.39, 0.29) is 30.1 Å². The Kier molecular flexibility index (Phi) is 14.3. The van der Waals surface area contributed by atoms with Crippen LogP contribution in [0.4, 0.5) is 0 Å². The van der Waals surface area contributed by atoms with Crippen LogP contribution in [0, 0.1) is 11.8 Å². The quantitative estimate of drug-likeness (QED) is 0.468. The highest BCUT2D eigenvalue weighted by Crippen LogP contribution is 2.28. The zero-order chi connectivity index (χ0) is 25.5. The Morgan fingerprint density at radius 3 is 1.97 bits per heavy atom. The first kappa shape index (κ1) is 29.6. The van der Waals surface area contributed by atoms with Crippen LogP contribution in [-0.4, -0.2) is 47.6 Å². The van der Waals surface area contributed by atoms with Crippen molar-refractivity contribution in [2.75, 3.05) is 6.54 Å². The molecule has 3 atom stereocenters. The molecule has 202 valence electrons. The van der Waals surface area contributed by atoms with Gasteiger partial charge in [-0.1, -0.05) is 90.9 Å². The van der Waals surface area contributed by atoms with Crippen molar-refractivity contribution >= 4 is 17.7 Å². The average Bonchev–Trinajstić information content (AvgIpc) is 2.82. The van der Waals surface area contributed by atoms with E-state index in [9.17, 15) is 19.5 Å². The van der Waals surface area contributed by atoms with Crippen LogP contribution in [-0.2, 0) is 14.4 Å². The Bertz CT molecular complexity index is 634. The lowest BCUT2D eigenvalue weighted by molar-refractivity contribution is -0.131. The topological polar surface area (TPSA) is 108 Å². The fraction of sp³-hybridized carbons (Fsp3) is 0.893. The molecule has 1 heterocycles. The van der Waals surface area contributed by atoms with E-state index in [0.717, 1.165) is 44.9 Å². The Morgan fingerprint density at radius 2 is 1.34 bits per heavy atom. The lowest BCUT2D eigenvalue weighted by Gasteiger charge is -2.30. The van der Waals surface area contributed by atoms with Crippen LogP contribution in [0.25, 0.3) is 0 Å². The summed E-state index contributed by atoms with van der Waals surface area (Å²) in [5.41, 5.74) is 0. The van der Waals surface area contributed by atoms with E-state index in [1.54, 1.807) is 0 Å². The zero-order valence-corrected chi connectivity index (χ0v) is 22.3. The smallest absolute Gasteiger partial charge is 0.242 e. The second kappa shape index (κ2) is 16.9. The number of carbonyl (C=O) groups excluding carboxylic acids is 3. The standard InChI is InChI=1S/C28H51N3O4/c1-21(2)27-28(35)29-18-14-9-7-5-3-4-6-8-13-17-25(33)30-23(24(32)20-26(34)31-27)19-22-15-11-10-12-16-22/h21-24,27,32H,3-20H2,1-2H3,(H,29,35)(H,30,33)(H,31,34)/t23-,24-,27-/m0/s1. The van der Waals surface area contributed by atoms with E-state index in [1.807, 2.05) is 13.8 Å². The molecule has 7 nitrogen and oxygen atoms in total. The lowest BCUT2D eigenvalue weighted by atomic mass is 9.83. The van der Waals surface area contributed by atoms with Crippen molar-refractivity contribution in [2.45, 2.75) is 141 Å². The number of carbonyl (C=O) groups is 3. The van der Waals surface area contributed by atoms with Gasteiger partial charge >= 0.3 is 0 Å². The van der Waals surface area contributed by atoms with Crippen molar-refractivity contribution in [1.29, 1.82) is 0 Å². The Morgan fingerprint density at radius 1 is 0.771 bits per heavy atom. The first-order valence-electron chi connectivity index (χ1n) is 14.4. The van der Waals surface area contributed by atoms with Crippen LogP contribution in [0.15, 0.2) is 0 Å². The van der Waals surface area contributed by atoms with Crippen molar-refractivity contribution in [1.82, 2.24) is 16.0 Å². The Balaban J connectivity index is 2.04. The molecule has 3 amide bonds. The highest BCUT2D eigenvalue weighted by Gasteiger charge is 2.30. The molecule has 35 heavy (non-hydrogen) atoms. The van der Waals surface area contributed by atoms with Crippen LogP contribution in [0.1, 0.15) is 123 Å². The normalized spacial score (nSPS) is 28.5. The van der Waals surface area contributed by atoms with E-state index in [0.29, 0.717) is 25.3 Å². The predicted molar refractivity (Wildman–Crippen MR) is 140 cm³/mol. The number of aliphatic hydroxyl groups is 1. The molecule has 2 fully saturated rings. The van der Waals surface area contributed by atoms with E-state index in [2.05, 4.69) is 16.0 Å². The predicted octanol–water partition coefficient (Wildman–Crippen LogP) is 4.36. The van der Waals surface area contributed by atoms with Crippen LogP contribution in [0.3, 0.4) is 0 Å². The largest absolute Gasteiger partial charge is 0.390 e. The molecule has 0 radical (unpaired) electrons. The molecule has 2 aliphatic rings. The van der Waals surface area contributed by atoms with Gasteiger partial charge in [-0.05, 0) is 31.1 Å². The molecular weight excluding hydrogens is 442 g/mol. The molecule has 0 unspecified atom stereocenters. The minimum Gasteiger partial charge on any atom is -0.390 e. The summed E-state index contributed by atoms with van der Waals surface area (Å²) < 4.78 is 0. The van der Waals surface area contributed by atoms with Crippen LogP contribution >= 0.6 is 0 Å². The van der Waals surface area contributed by atoms with E-state index < -0.39 is 18.2 Å². The van der Waals surface area contributed by atoms with Gasteiger partial charge in [0.1, 0.15) is 6.04 Å². The van der Waals surface area contributed by atoms with Gasteiger partial charge in [0.25, 0.3) is 0 Å². The fourth-order valence-corrected chi connectivity index (χ4v) is 5.44. The summed E-state index contributed by atoms with van der Waals surface area (Å²) in [7, 11) is 0. The third kappa shape index (κ3) is 12.2. The first-order valence-corrected chi connectivity index (χ1v) is 14.4. The number of aliphatic hydroxyl groups excluding tert-OH is 1. The van der Waals surface area contributed by atoms with Crippen LogP contribution < -0.4 is 16.0 Å². The molecule has 0 aromatic carbocycles. The monoisotopic (exact) mass is 493 g/mol. The maximum absolute atomic E-state index is 12.8. The summed E-state index contributed by atoms with van der Waals surface area (Å²) >= 11 is 0. The van der Waals surface area contributed by atoms with Gasteiger partial charge in [0.05, 0.1) is 18.6 Å². The minimum atomic E-state index is -0.967. The summed E-state index contributed by atoms with van der Waals surface area (Å²) in [6, 6.07) is -1.06. The van der Waals surface area contributed by atoms with Crippen molar-refractivity contribution in [2.24, 2.45) is 11.8 Å². The molecule has 0 aromatic heterocycles. The lowest BCUT2D eigenvalue weighted by Crippen LogP contribution is -2.52. The van der Waals surface area contributed by atoms with Gasteiger partial charge in [-0.15, -0.1) is 0 Å². The molecule has 0 aromatic rings. The molecule has 1 saturated heterocycles. The molecule has 0 bridgehead atoms. The van der Waals surface area contributed by atoms with Crippen LogP contribution in [0.2, 0.25) is 0 Å². The maximum Gasteiger partial charge on any atom is 0.242 e. The molecule has 2 rings (SSSR count). The molecule has 1 saturated carbocycles. The number of nitrogens with one attached hydrogen (secondary N) is 3. The summed E-state index contributed by atoms with van der Waals surface area (Å²) in [4.78, 5) is 38.2. The third-order valence-corrected chi connectivity index (χ3v) is 7.66. The third-order valence-electron chi connectivity index (χ3n) is 7.66. The number of rotatable bonds is 3. The van der Waals surface area contributed by atoms with Gasteiger partial charge in [-0.3, -0.25) is 14.4 Å². The van der Waals surface area contributed by atoms with E-state index >= 15 is 0 Å². The summed E-state index contributed by atoms with van der Waals surface area (Å²) in [6.07, 6.45) is 15.8. The molecule has 0 spiro atoms. The zero-order valence-electron chi connectivity index (χ0n) is 22.3. The second-order valence-electron chi connectivity index (χ2n) is 11.2. The molecule has 4 N–H and O–H groups in total. The van der Waals surface area contributed by atoms with E-state index in [1.165, 1.54) is 44.9 Å². The maximum atomic E-state index is 12.8. The number of amides is 3. The Labute approximate surface area is 213 Å². The van der Waals surface area contributed by atoms with Crippen molar-refractivity contribution in [3.8, 4) is 0 Å². The Hall–Kier alpha value is -1.63. The van der Waals surface area contributed by atoms with Gasteiger partial charge in [0.2, 0.25) is 17.7 Å². The molecule has 1 aliphatic carbocycles. The summed E-state index contributed by atoms with van der Waals surface area (Å²) in [5, 5.41) is 19.9. The van der Waals surface area contributed by atoms with Crippen molar-refractivity contribution in [3.05, 3.63) is 0 Å². The van der Waals surface area contributed by atoms with Crippen molar-refractivity contribution < 1.29 is 19.5 Å². The molecule has 7 heteroatoms. The van der Waals surface area contributed by atoms with Gasteiger partial charge in [-0.2, -0.15) is 0 Å². The fourth-order valence-electron chi connectivity index (χ4n) is 5.44. The van der Waals surface area contributed by atoms with Gasteiger partial charge in [0, 0.05) is 13.0 Å². The number of hydrogen-bond donors (Lipinski definition) is 4. The minimum absolute atomic E-state index is 0.0319. The van der Waals surface area contributed by atoms with Gasteiger partial charge in [-0.25, -0.2) is 0 Å². The molecule has 1 aliphatic heterocycles. The highest BCUT2D eigenvalue weighted by molar-refractivity contribution is 5.88. The van der Waals surface area contributed by atoms with E-state index in [4.69, 9.17) is 0 Å². The van der Waals surface area contributed by atoms with Crippen LogP contribution in [0.5, 0.6) is 0 Å². The average molecular weight is 494 g/mol. The number of hydrogen-bond acceptors (Lipinski definition) is 4. The summed E-state index contributed by atoms with van der Waals surface area (Å²) in [5.74, 6) is -0.137. The van der Waals surface area contributed by atoms with Gasteiger partial charge in [0.15, 0.2) is 0 Å². The second-order valence-corrected chi connectivity index (χ2v) is 11.2. The van der Waals surface area contributed by atoms with Crippen molar-refractivity contribution in [3.63, 3.8) is 0 Å². The van der Waals surface area contributed by atoms with Gasteiger partial charge < -0.3 is 21.1 Å².